The molecular weight excluding hydrogens is 338 g/mol. The first-order chi connectivity index (χ1) is 12.1. The summed E-state index contributed by atoms with van der Waals surface area (Å²) in [6.07, 6.45) is 4.97. The third-order valence-electron chi connectivity index (χ3n) is 3.24. The number of guanidine groups is 1. The number of nitrogens with zero attached hydrogens (tertiary/aromatic N) is 4. The average molecular weight is 361 g/mol. The molecule has 0 aliphatic carbocycles. The van der Waals surface area contributed by atoms with Crippen LogP contribution in [0.1, 0.15) is 38.8 Å². The second-order valence-electron chi connectivity index (χ2n) is 5.42. The van der Waals surface area contributed by atoms with Crippen LogP contribution in [0, 0.1) is 0 Å². The van der Waals surface area contributed by atoms with Crippen molar-refractivity contribution < 1.29 is 4.79 Å². The fraction of sp³-hybridized carbons (Fsp3) is 0.438. The Morgan fingerprint density at radius 2 is 2.20 bits per heavy atom. The van der Waals surface area contributed by atoms with Crippen LogP contribution in [0.3, 0.4) is 0 Å². The Hall–Kier alpha value is -2.55. The van der Waals surface area contributed by atoms with Crippen LogP contribution in [0.25, 0.3) is 11.5 Å². The number of aliphatic imine (C=N–C) groups is 1. The van der Waals surface area contributed by atoms with E-state index in [-0.39, 0.29) is 5.91 Å². The van der Waals surface area contributed by atoms with Gasteiger partial charge in [0, 0.05) is 25.0 Å². The number of nitrogens with two attached hydrogens (primary N) is 1. The molecule has 1 amide bonds. The second kappa shape index (κ2) is 9.67. The highest BCUT2D eigenvalue weighted by Gasteiger charge is 2.09. The van der Waals surface area contributed by atoms with Gasteiger partial charge in [-0.15, -0.1) is 11.3 Å². The molecule has 0 fully saturated rings. The van der Waals surface area contributed by atoms with Crippen molar-refractivity contribution in [3.8, 4) is 11.5 Å². The Kier molecular flexibility index (Phi) is 7.27. The first-order valence-corrected chi connectivity index (χ1v) is 9.05. The van der Waals surface area contributed by atoms with E-state index in [2.05, 4.69) is 37.5 Å². The minimum absolute atomic E-state index is 0.103. The number of nitrogens with one attached hydrogen (secondary N) is 2. The van der Waals surface area contributed by atoms with E-state index in [1.165, 1.54) is 18.3 Å². The maximum atomic E-state index is 11.0. The lowest BCUT2D eigenvalue weighted by Crippen LogP contribution is -2.22. The SMILES string of the molecule is CCCCCN=C(N)Nc1nc(-c2nccc(CNC(C)=O)n2)cs1. The standard InChI is InChI=1S/C16H23N7OS/c1-3-4-5-7-19-15(17)23-16-22-13(10-25-16)14-18-8-6-12(21-14)9-20-11(2)24/h6,8,10H,3-5,7,9H2,1-2H3,(H,20,24)(H3,17,19,22,23). The van der Waals surface area contributed by atoms with Crippen molar-refractivity contribution in [3.05, 3.63) is 23.3 Å². The van der Waals surface area contributed by atoms with Gasteiger partial charge in [0.05, 0.1) is 12.2 Å². The lowest BCUT2D eigenvalue weighted by Gasteiger charge is -2.03. The van der Waals surface area contributed by atoms with Gasteiger partial charge in [-0.3, -0.25) is 9.79 Å². The molecule has 0 saturated heterocycles. The van der Waals surface area contributed by atoms with Crippen LogP contribution in [0.15, 0.2) is 22.6 Å². The quantitative estimate of drug-likeness (QED) is 0.377. The molecule has 0 aliphatic heterocycles. The number of amides is 1. The topological polar surface area (TPSA) is 118 Å². The number of hydrogen-bond acceptors (Lipinski definition) is 6. The predicted octanol–water partition coefficient (Wildman–Crippen LogP) is 2.15. The van der Waals surface area contributed by atoms with E-state index in [9.17, 15) is 4.79 Å². The summed E-state index contributed by atoms with van der Waals surface area (Å²) < 4.78 is 0. The molecule has 0 unspecified atom stereocenters. The molecule has 0 atom stereocenters. The van der Waals surface area contributed by atoms with Crippen molar-refractivity contribution >= 4 is 28.3 Å². The summed E-state index contributed by atoms with van der Waals surface area (Å²) in [5.74, 6) is 0.761. The van der Waals surface area contributed by atoms with E-state index >= 15 is 0 Å². The van der Waals surface area contributed by atoms with Crippen LogP contribution in [0.4, 0.5) is 5.13 Å². The van der Waals surface area contributed by atoms with Crippen molar-refractivity contribution in [2.24, 2.45) is 10.7 Å². The number of hydrogen-bond donors (Lipinski definition) is 3. The molecule has 2 heterocycles. The van der Waals surface area contributed by atoms with Crippen LogP contribution >= 0.6 is 11.3 Å². The minimum Gasteiger partial charge on any atom is -0.370 e. The summed E-state index contributed by atoms with van der Waals surface area (Å²) in [5.41, 5.74) is 7.23. The number of rotatable bonds is 8. The fourth-order valence-electron chi connectivity index (χ4n) is 1.98. The summed E-state index contributed by atoms with van der Waals surface area (Å²) in [6.45, 7) is 4.68. The lowest BCUT2D eigenvalue weighted by molar-refractivity contribution is -0.119. The van der Waals surface area contributed by atoms with Gasteiger partial charge in [-0.1, -0.05) is 19.8 Å². The molecule has 0 aliphatic rings. The molecule has 0 saturated carbocycles. The largest absolute Gasteiger partial charge is 0.370 e. The first kappa shape index (κ1) is 18.8. The Labute approximate surface area is 151 Å². The first-order valence-electron chi connectivity index (χ1n) is 8.17. The van der Waals surface area contributed by atoms with Crippen LogP contribution in [-0.4, -0.2) is 33.4 Å². The molecule has 0 bridgehead atoms. The zero-order chi connectivity index (χ0) is 18.1. The zero-order valence-corrected chi connectivity index (χ0v) is 15.3. The molecule has 8 nitrogen and oxygen atoms in total. The zero-order valence-electron chi connectivity index (χ0n) is 14.5. The van der Waals surface area contributed by atoms with Crippen LogP contribution in [-0.2, 0) is 11.3 Å². The summed E-state index contributed by atoms with van der Waals surface area (Å²) in [6, 6.07) is 1.76. The number of carbonyl (C=O) groups is 1. The van der Waals surface area contributed by atoms with Gasteiger partial charge in [0.25, 0.3) is 0 Å². The number of thiazole rings is 1. The van der Waals surface area contributed by atoms with Crippen LogP contribution in [0.2, 0.25) is 0 Å². The Morgan fingerprint density at radius 1 is 1.36 bits per heavy atom. The van der Waals surface area contributed by atoms with Gasteiger partial charge >= 0.3 is 0 Å². The Morgan fingerprint density at radius 3 is 2.96 bits per heavy atom. The number of anilines is 1. The number of carbonyl (C=O) groups excluding carboxylic acids is 1. The monoisotopic (exact) mass is 361 g/mol. The smallest absolute Gasteiger partial charge is 0.217 e. The van der Waals surface area contributed by atoms with Gasteiger partial charge in [-0.05, 0) is 12.5 Å². The van der Waals surface area contributed by atoms with Gasteiger partial charge in [0.2, 0.25) is 5.91 Å². The van der Waals surface area contributed by atoms with Gasteiger partial charge in [-0.25, -0.2) is 15.0 Å². The molecule has 2 rings (SSSR count). The van der Waals surface area contributed by atoms with Crippen LogP contribution in [0.5, 0.6) is 0 Å². The molecule has 0 radical (unpaired) electrons. The van der Waals surface area contributed by atoms with Crippen LogP contribution < -0.4 is 16.4 Å². The molecule has 2 aromatic heterocycles. The van der Waals surface area contributed by atoms with Gasteiger partial charge in [-0.2, -0.15) is 0 Å². The molecular formula is C16H23N7OS. The predicted molar refractivity (Wildman–Crippen MR) is 100 cm³/mol. The van der Waals surface area contributed by atoms with Crippen molar-refractivity contribution in [1.82, 2.24) is 20.3 Å². The van der Waals surface area contributed by atoms with Crippen molar-refractivity contribution in [3.63, 3.8) is 0 Å². The highest BCUT2D eigenvalue weighted by atomic mass is 32.1. The van der Waals surface area contributed by atoms with E-state index in [0.29, 0.717) is 35.7 Å². The van der Waals surface area contributed by atoms with E-state index in [1.54, 1.807) is 12.3 Å². The highest BCUT2D eigenvalue weighted by Crippen LogP contribution is 2.22. The normalized spacial score (nSPS) is 11.4. The van der Waals surface area contributed by atoms with Gasteiger partial charge in [0.15, 0.2) is 16.9 Å². The summed E-state index contributed by atoms with van der Waals surface area (Å²) in [7, 11) is 0. The molecule has 2 aromatic rings. The third-order valence-corrected chi connectivity index (χ3v) is 4.00. The van der Waals surface area contributed by atoms with E-state index in [0.717, 1.165) is 25.0 Å². The summed E-state index contributed by atoms with van der Waals surface area (Å²) >= 11 is 1.41. The third kappa shape index (κ3) is 6.46. The minimum atomic E-state index is -0.103. The lowest BCUT2D eigenvalue weighted by atomic mass is 10.2. The Balaban J connectivity index is 1.98. The number of unbranched alkanes of at least 4 members (excludes halogenated alkanes) is 2. The molecule has 9 heteroatoms. The van der Waals surface area contributed by atoms with Crippen molar-refractivity contribution in [1.29, 1.82) is 0 Å². The molecule has 0 aromatic carbocycles. The molecule has 4 N–H and O–H groups in total. The van der Waals surface area contributed by atoms with Gasteiger partial charge in [0.1, 0.15) is 5.69 Å². The average Bonchev–Trinajstić information content (AvgIpc) is 3.05. The van der Waals surface area contributed by atoms with Crippen molar-refractivity contribution in [2.75, 3.05) is 11.9 Å². The number of aromatic nitrogens is 3. The molecule has 25 heavy (non-hydrogen) atoms. The highest BCUT2D eigenvalue weighted by molar-refractivity contribution is 7.14. The van der Waals surface area contributed by atoms with Crippen molar-refractivity contribution in [2.45, 2.75) is 39.7 Å². The maximum absolute atomic E-state index is 11.0. The van der Waals surface area contributed by atoms with Gasteiger partial charge < -0.3 is 16.4 Å². The second-order valence-corrected chi connectivity index (χ2v) is 6.28. The van der Waals surface area contributed by atoms with E-state index in [4.69, 9.17) is 5.73 Å². The summed E-state index contributed by atoms with van der Waals surface area (Å²) in [5, 5.41) is 8.19. The Bertz CT molecular complexity index is 729. The van der Waals surface area contributed by atoms with E-state index in [1.807, 2.05) is 5.38 Å². The maximum Gasteiger partial charge on any atom is 0.217 e. The molecule has 134 valence electrons. The molecule has 0 spiro atoms. The van der Waals surface area contributed by atoms with E-state index < -0.39 is 0 Å². The fourth-order valence-corrected chi connectivity index (χ4v) is 2.67. The summed E-state index contributed by atoms with van der Waals surface area (Å²) in [4.78, 5) is 28.3.